The zero-order valence-corrected chi connectivity index (χ0v) is 16.8. The van der Waals surface area contributed by atoms with Gasteiger partial charge in [-0.1, -0.05) is 23.7 Å². The van der Waals surface area contributed by atoms with Crippen molar-refractivity contribution in [1.29, 1.82) is 0 Å². The summed E-state index contributed by atoms with van der Waals surface area (Å²) < 4.78 is 38.7. The van der Waals surface area contributed by atoms with E-state index in [2.05, 4.69) is 10.4 Å². The van der Waals surface area contributed by atoms with Crippen LogP contribution in [0.15, 0.2) is 71.3 Å². The minimum Gasteiger partial charge on any atom is -0.484 e. The second kappa shape index (κ2) is 9.01. The van der Waals surface area contributed by atoms with E-state index in [0.717, 1.165) is 11.6 Å². The molecule has 2 aromatic heterocycles. The van der Waals surface area contributed by atoms with E-state index in [-0.39, 0.29) is 23.2 Å². The normalized spacial score (nSPS) is 10.8. The second-order valence-electron chi connectivity index (χ2n) is 6.61. The number of amides is 1. The highest BCUT2D eigenvalue weighted by Gasteiger charge is 2.14. The Balaban J connectivity index is 1.33. The van der Waals surface area contributed by atoms with Gasteiger partial charge in [0.05, 0.1) is 11.6 Å². The fourth-order valence-electron chi connectivity index (χ4n) is 2.79. The number of furan rings is 1. The van der Waals surface area contributed by atoms with E-state index in [0.29, 0.717) is 23.9 Å². The van der Waals surface area contributed by atoms with Crippen molar-refractivity contribution >= 4 is 23.3 Å². The third-order valence-corrected chi connectivity index (χ3v) is 4.58. The summed E-state index contributed by atoms with van der Waals surface area (Å²) in [4.78, 5) is 12.4. The average molecular weight is 444 g/mol. The fraction of sp³-hybridized carbons (Fsp3) is 0.0909. The van der Waals surface area contributed by atoms with Gasteiger partial charge in [-0.2, -0.15) is 5.10 Å². The van der Waals surface area contributed by atoms with Gasteiger partial charge >= 0.3 is 0 Å². The van der Waals surface area contributed by atoms with Crippen LogP contribution < -0.4 is 10.1 Å². The molecule has 0 aliphatic rings. The van der Waals surface area contributed by atoms with Crippen LogP contribution in [0.5, 0.6) is 5.75 Å². The number of nitrogens with zero attached hydrogens (tertiary/aromatic N) is 2. The summed E-state index contributed by atoms with van der Waals surface area (Å²) in [5, 5.41) is 7.06. The highest BCUT2D eigenvalue weighted by atomic mass is 35.5. The molecule has 0 aliphatic carbocycles. The summed E-state index contributed by atoms with van der Waals surface area (Å²) >= 11 is 5.92. The van der Waals surface area contributed by atoms with E-state index in [1.807, 2.05) is 0 Å². The lowest BCUT2D eigenvalue weighted by Gasteiger charge is -2.06. The van der Waals surface area contributed by atoms with Gasteiger partial charge in [0.2, 0.25) is 0 Å². The average Bonchev–Trinajstić information content (AvgIpc) is 3.39. The van der Waals surface area contributed by atoms with Gasteiger partial charge in [-0.25, -0.2) is 8.78 Å². The maximum atomic E-state index is 13.1. The quantitative estimate of drug-likeness (QED) is 0.421. The first kappa shape index (κ1) is 20.6. The summed E-state index contributed by atoms with van der Waals surface area (Å²) in [7, 11) is 0. The predicted octanol–water partition coefficient (Wildman–Crippen LogP) is 5.29. The molecule has 1 N–H and O–H groups in total. The molecule has 4 aromatic rings. The van der Waals surface area contributed by atoms with Crippen molar-refractivity contribution in [3.8, 4) is 5.75 Å². The monoisotopic (exact) mass is 443 g/mol. The van der Waals surface area contributed by atoms with Gasteiger partial charge in [-0.05, 0) is 48.0 Å². The van der Waals surface area contributed by atoms with Crippen molar-refractivity contribution in [2.75, 3.05) is 5.32 Å². The Hall–Kier alpha value is -3.65. The molecule has 0 aliphatic heterocycles. The molecule has 2 aromatic carbocycles. The van der Waals surface area contributed by atoms with Crippen LogP contribution in [0.4, 0.5) is 14.6 Å². The Kier molecular flexibility index (Phi) is 5.99. The molecule has 0 spiro atoms. The predicted molar refractivity (Wildman–Crippen MR) is 110 cm³/mol. The fourth-order valence-corrected chi connectivity index (χ4v) is 3.01. The van der Waals surface area contributed by atoms with Crippen LogP contribution in [0, 0.1) is 11.6 Å². The number of hydrogen-bond acceptors (Lipinski definition) is 4. The number of carbonyl (C=O) groups excluding carboxylic acids is 1. The van der Waals surface area contributed by atoms with Crippen molar-refractivity contribution in [3.63, 3.8) is 0 Å². The number of nitrogens with one attached hydrogen (secondary N) is 1. The number of hydrogen-bond donors (Lipinski definition) is 1. The Bertz CT molecular complexity index is 1200. The molecule has 6 nitrogen and oxygen atoms in total. The molecule has 0 atom stereocenters. The van der Waals surface area contributed by atoms with Crippen molar-refractivity contribution < 1.29 is 22.7 Å². The van der Waals surface area contributed by atoms with E-state index >= 15 is 0 Å². The molecule has 4 rings (SSSR count). The maximum Gasteiger partial charge on any atom is 0.292 e. The number of carbonyl (C=O) groups is 1. The topological polar surface area (TPSA) is 69.3 Å². The van der Waals surface area contributed by atoms with Gasteiger partial charge in [-0.3, -0.25) is 9.48 Å². The molecular formula is C22H16ClF2N3O3. The Morgan fingerprint density at radius 1 is 1.06 bits per heavy atom. The van der Waals surface area contributed by atoms with Crippen LogP contribution >= 0.6 is 11.6 Å². The van der Waals surface area contributed by atoms with Crippen molar-refractivity contribution in [2.24, 2.45) is 0 Å². The maximum absolute atomic E-state index is 13.1. The lowest BCUT2D eigenvalue weighted by atomic mass is 10.2. The van der Waals surface area contributed by atoms with Crippen LogP contribution in [0.3, 0.4) is 0 Å². The highest BCUT2D eigenvalue weighted by molar-refractivity contribution is 6.32. The molecule has 0 saturated heterocycles. The van der Waals surface area contributed by atoms with Gasteiger partial charge < -0.3 is 14.5 Å². The van der Waals surface area contributed by atoms with Crippen molar-refractivity contribution in [2.45, 2.75) is 13.2 Å². The summed E-state index contributed by atoms with van der Waals surface area (Å²) in [5.74, 6) is -0.116. The van der Waals surface area contributed by atoms with E-state index in [1.165, 1.54) is 30.3 Å². The zero-order valence-electron chi connectivity index (χ0n) is 16.0. The van der Waals surface area contributed by atoms with Crippen LogP contribution in [0.2, 0.25) is 5.02 Å². The van der Waals surface area contributed by atoms with Crippen LogP contribution in [-0.4, -0.2) is 15.7 Å². The molecule has 0 radical (unpaired) electrons. The standard InChI is InChI=1S/C22H16ClF2N3O3/c23-18-11-16(25)5-7-19(18)30-13-17-6-8-20(31-17)22(29)26-21-9-10-28(27-21)12-14-1-3-15(24)4-2-14/h1-11H,12-13H2,(H,26,27,29). The molecule has 0 fully saturated rings. The highest BCUT2D eigenvalue weighted by Crippen LogP contribution is 2.26. The molecule has 1 amide bonds. The number of halogens is 3. The van der Waals surface area contributed by atoms with Crippen LogP contribution in [0.25, 0.3) is 0 Å². The Labute approximate surface area is 181 Å². The van der Waals surface area contributed by atoms with Gasteiger partial charge in [0.1, 0.15) is 29.8 Å². The second-order valence-corrected chi connectivity index (χ2v) is 7.02. The van der Waals surface area contributed by atoms with Gasteiger partial charge in [0.25, 0.3) is 5.91 Å². The molecule has 31 heavy (non-hydrogen) atoms. The zero-order chi connectivity index (χ0) is 21.8. The van der Waals surface area contributed by atoms with Crippen molar-refractivity contribution in [1.82, 2.24) is 9.78 Å². The lowest BCUT2D eigenvalue weighted by molar-refractivity contribution is 0.0992. The largest absolute Gasteiger partial charge is 0.484 e. The van der Waals surface area contributed by atoms with E-state index in [9.17, 15) is 13.6 Å². The lowest BCUT2D eigenvalue weighted by Crippen LogP contribution is -2.12. The molecule has 0 saturated carbocycles. The van der Waals surface area contributed by atoms with E-state index < -0.39 is 11.7 Å². The minimum atomic E-state index is -0.474. The van der Waals surface area contributed by atoms with E-state index in [1.54, 1.807) is 35.1 Å². The summed E-state index contributed by atoms with van der Waals surface area (Å²) in [6.07, 6.45) is 1.70. The third-order valence-electron chi connectivity index (χ3n) is 4.29. The Morgan fingerprint density at radius 3 is 2.61 bits per heavy atom. The van der Waals surface area contributed by atoms with E-state index in [4.69, 9.17) is 20.8 Å². The molecule has 0 unspecified atom stereocenters. The van der Waals surface area contributed by atoms with Crippen LogP contribution in [0.1, 0.15) is 21.9 Å². The molecule has 9 heteroatoms. The molecule has 158 valence electrons. The van der Waals surface area contributed by atoms with Gasteiger partial charge in [-0.15, -0.1) is 0 Å². The Morgan fingerprint density at radius 2 is 1.84 bits per heavy atom. The SMILES string of the molecule is O=C(Nc1ccn(Cc2ccc(F)cc2)n1)c1ccc(COc2ccc(F)cc2Cl)o1. The molecule has 0 bridgehead atoms. The summed E-state index contributed by atoms with van der Waals surface area (Å²) in [6.45, 7) is 0.454. The first-order valence-corrected chi connectivity index (χ1v) is 9.60. The smallest absolute Gasteiger partial charge is 0.292 e. The van der Waals surface area contributed by atoms with Crippen LogP contribution in [-0.2, 0) is 13.2 Å². The third kappa shape index (κ3) is 5.29. The summed E-state index contributed by atoms with van der Waals surface area (Å²) in [5.41, 5.74) is 0.874. The van der Waals surface area contributed by atoms with Gasteiger partial charge in [0.15, 0.2) is 11.6 Å². The number of benzene rings is 2. The molecular weight excluding hydrogens is 428 g/mol. The first-order chi connectivity index (χ1) is 15.0. The van der Waals surface area contributed by atoms with Crippen molar-refractivity contribution in [3.05, 3.63) is 101 Å². The minimum absolute atomic E-state index is 0.0188. The number of ether oxygens (including phenoxy) is 1. The summed E-state index contributed by atoms with van der Waals surface area (Å²) in [6, 6.07) is 14.6. The number of aromatic nitrogens is 2. The molecule has 2 heterocycles. The first-order valence-electron chi connectivity index (χ1n) is 9.22. The number of anilines is 1. The number of rotatable bonds is 7. The van der Waals surface area contributed by atoms with Gasteiger partial charge in [0, 0.05) is 12.3 Å².